The number of thiophene rings is 1. The van der Waals surface area contributed by atoms with Gasteiger partial charge in [-0.1, -0.05) is 24.6 Å². The lowest BCUT2D eigenvalue weighted by atomic mass is 9.84. The minimum Gasteiger partial charge on any atom is -0.487 e. The van der Waals surface area contributed by atoms with Gasteiger partial charge in [0.25, 0.3) is 0 Å². The van der Waals surface area contributed by atoms with Crippen molar-refractivity contribution in [2.45, 2.75) is 58.2 Å². The van der Waals surface area contributed by atoms with Crippen LogP contribution in [0, 0.1) is 6.92 Å². The molecule has 0 bridgehead atoms. The van der Waals surface area contributed by atoms with Crippen molar-refractivity contribution in [3.05, 3.63) is 80.9 Å². The van der Waals surface area contributed by atoms with Crippen molar-refractivity contribution in [2.75, 3.05) is 24.0 Å². The molecular formula is C31H34ClN5O3S. The van der Waals surface area contributed by atoms with Crippen LogP contribution in [0.15, 0.2) is 48.0 Å². The number of carboxylic acids is 1. The van der Waals surface area contributed by atoms with Crippen molar-refractivity contribution < 1.29 is 14.6 Å². The number of carbonyl (C=O) groups is 1. The van der Waals surface area contributed by atoms with Crippen LogP contribution in [0.1, 0.15) is 66.6 Å². The monoisotopic (exact) mass is 591 g/mol. The Kier molecular flexibility index (Phi) is 7.54. The second kappa shape index (κ2) is 11.1. The molecule has 0 saturated carbocycles. The van der Waals surface area contributed by atoms with Crippen LogP contribution in [0.25, 0.3) is 10.1 Å². The van der Waals surface area contributed by atoms with E-state index >= 15 is 0 Å². The van der Waals surface area contributed by atoms with E-state index in [1.54, 1.807) is 11.3 Å². The second-order valence-electron chi connectivity index (χ2n) is 10.9. The molecule has 6 rings (SSSR count). The fourth-order valence-corrected chi connectivity index (χ4v) is 7.36. The highest BCUT2D eigenvalue weighted by atomic mass is 35.5. The molecule has 2 aromatic carbocycles. The van der Waals surface area contributed by atoms with Gasteiger partial charge in [0.1, 0.15) is 11.9 Å². The lowest BCUT2D eigenvalue weighted by Gasteiger charge is -2.29. The van der Waals surface area contributed by atoms with Crippen molar-refractivity contribution in [1.29, 1.82) is 0 Å². The van der Waals surface area contributed by atoms with E-state index in [9.17, 15) is 9.90 Å². The van der Waals surface area contributed by atoms with E-state index in [0.717, 1.165) is 57.9 Å². The highest BCUT2D eigenvalue weighted by Gasteiger charge is 2.31. The number of benzene rings is 2. The van der Waals surface area contributed by atoms with Gasteiger partial charge in [0, 0.05) is 37.0 Å². The molecule has 4 aromatic rings. The number of hydrogen-bond acceptors (Lipinski definition) is 8. The molecule has 8 nitrogen and oxygen atoms in total. The quantitative estimate of drug-likeness (QED) is 0.214. The van der Waals surface area contributed by atoms with E-state index < -0.39 is 5.97 Å². The maximum absolute atomic E-state index is 12.2. The molecule has 0 unspecified atom stereocenters. The molecule has 0 fully saturated rings. The Morgan fingerprint density at radius 1 is 1.32 bits per heavy atom. The summed E-state index contributed by atoms with van der Waals surface area (Å²) < 4.78 is 7.57. The van der Waals surface area contributed by atoms with Gasteiger partial charge in [-0.3, -0.25) is 19.7 Å². The first-order chi connectivity index (χ1) is 19.7. The first-order valence-corrected chi connectivity index (χ1v) is 15.2. The summed E-state index contributed by atoms with van der Waals surface area (Å²) in [5.41, 5.74) is 13.0. The van der Waals surface area contributed by atoms with Crippen LogP contribution in [-0.4, -0.2) is 40.7 Å². The summed E-state index contributed by atoms with van der Waals surface area (Å²) in [6.07, 6.45) is 2.73. The summed E-state index contributed by atoms with van der Waals surface area (Å²) in [6.45, 7) is 7.82. The molecule has 10 heteroatoms. The van der Waals surface area contributed by atoms with E-state index in [4.69, 9.17) is 16.3 Å². The van der Waals surface area contributed by atoms with E-state index in [0.29, 0.717) is 11.6 Å². The minimum atomic E-state index is -0.854. The number of halogens is 1. The van der Waals surface area contributed by atoms with Gasteiger partial charge in [0.2, 0.25) is 0 Å². The van der Waals surface area contributed by atoms with Crippen molar-refractivity contribution in [1.82, 2.24) is 15.4 Å². The lowest BCUT2D eigenvalue weighted by Crippen LogP contribution is -2.34. The first kappa shape index (κ1) is 27.8. The third-order valence-electron chi connectivity index (χ3n) is 8.35. The van der Waals surface area contributed by atoms with Crippen LogP contribution in [0.5, 0.6) is 5.75 Å². The van der Waals surface area contributed by atoms with Gasteiger partial charge in [-0.15, -0.1) is 16.9 Å². The Labute approximate surface area is 248 Å². The molecule has 3 atom stereocenters. The molecule has 2 aliphatic heterocycles. The molecule has 0 saturated heterocycles. The largest absolute Gasteiger partial charge is 0.487 e. The molecule has 0 amide bonds. The molecule has 2 aliphatic rings. The van der Waals surface area contributed by atoms with Gasteiger partial charge in [0.15, 0.2) is 0 Å². The summed E-state index contributed by atoms with van der Waals surface area (Å²) in [4.78, 5) is 19.3. The molecule has 4 heterocycles. The standard InChI is InChI=1S/C31H34ClN5O3S/c1-5-22-16-37(18(3)29-26(40-22)7-6-9-33-29)15-21-12-20(11-19-8-10-41-31(19)21)24(14-27(38)39)23-13-25(32)30-28(17(23)2)34-35-36(30)4/h6-13,18,22,24,34-35H,5,14-16H2,1-4H3,(H,38,39)/t18-,22+,24+/m0/s1. The molecule has 0 aliphatic carbocycles. The van der Waals surface area contributed by atoms with E-state index in [-0.39, 0.29) is 24.5 Å². The van der Waals surface area contributed by atoms with E-state index in [1.807, 2.05) is 43.4 Å². The number of ether oxygens (including phenoxy) is 1. The van der Waals surface area contributed by atoms with Crippen LogP contribution >= 0.6 is 22.9 Å². The number of nitrogens with one attached hydrogen (secondary N) is 2. The van der Waals surface area contributed by atoms with Crippen LogP contribution in [-0.2, 0) is 11.3 Å². The molecular weight excluding hydrogens is 558 g/mol. The average Bonchev–Trinajstić information content (AvgIpc) is 3.56. The minimum absolute atomic E-state index is 0.0442. The molecule has 0 radical (unpaired) electrons. The predicted molar refractivity (Wildman–Crippen MR) is 165 cm³/mol. The van der Waals surface area contributed by atoms with Gasteiger partial charge in [0.05, 0.1) is 34.6 Å². The molecule has 3 N–H and O–H groups in total. The number of pyridine rings is 1. The van der Waals surface area contributed by atoms with Gasteiger partial charge in [-0.05, 0) is 83.6 Å². The third-order valence-corrected chi connectivity index (χ3v) is 9.64. The number of aromatic nitrogens is 1. The second-order valence-corrected chi connectivity index (χ2v) is 12.2. The molecule has 41 heavy (non-hydrogen) atoms. The summed E-state index contributed by atoms with van der Waals surface area (Å²) in [7, 11) is 1.89. The molecule has 0 spiro atoms. The van der Waals surface area contributed by atoms with Crippen LogP contribution in [0.3, 0.4) is 0 Å². The summed E-state index contributed by atoms with van der Waals surface area (Å²) in [5.74, 6) is -0.377. The molecule has 2 aromatic heterocycles. The Hall–Kier alpha value is -3.37. The number of hydrogen-bond donors (Lipinski definition) is 3. The van der Waals surface area contributed by atoms with Crippen molar-refractivity contribution >= 4 is 50.4 Å². The number of anilines is 2. The SMILES string of the molecule is CC[C@@H]1CN(Cc2cc([C@@H](CC(=O)O)c3cc(Cl)c4c(c3C)NNN4C)cc3ccsc23)[C@@H](C)c2ncccc2O1. The normalized spacial score (nSPS) is 19.3. The Morgan fingerprint density at radius 3 is 2.93 bits per heavy atom. The fraction of sp³-hybridized carbons (Fsp3) is 0.355. The van der Waals surface area contributed by atoms with E-state index in [2.05, 4.69) is 58.3 Å². The number of aliphatic carboxylic acids is 1. The predicted octanol–water partition coefficient (Wildman–Crippen LogP) is 6.88. The summed E-state index contributed by atoms with van der Waals surface area (Å²) >= 11 is 8.47. The third kappa shape index (κ3) is 5.12. The average molecular weight is 592 g/mol. The number of carboxylic acid groups (broad SMARTS) is 1. The van der Waals surface area contributed by atoms with Crippen molar-refractivity contribution in [3.63, 3.8) is 0 Å². The maximum Gasteiger partial charge on any atom is 0.304 e. The van der Waals surface area contributed by atoms with Gasteiger partial charge in [-0.25, -0.2) is 0 Å². The fourth-order valence-electron chi connectivity index (χ4n) is 6.13. The zero-order valence-electron chi connectivity index (χ0n) is 23.6. The van der Waals surface area contributed by atoms with E-state index in [1.165, 1.54) is 10.3 Å². The highest BCUT2D eigenvalue weighted by molar-refractivity contribution is 7.17. The van der Waals surface area contributed by atoms with Crippen LogP contribution in [0.4, 0.5) is 11.4 Å². The number of hydrazine groups is 2. The number of nitrogens with zero attached hydrogens (tertiary/aromatic N) is 3. The van der Waals surface area contributed by atoms with Crippen LogP contribution < -0.4 is 20.7 Å². The summed E-state index contributed by atoms with van der Waals surface area (Å²) in [6, 6.07) is 12.4. The Bertz CT molecular complexity index is 1630. The number of rotatable bonds is 7. The first-order valence-electron chi connectivity index (χ1n) is 13.9. The number of fused-ring (bicyclic) bond motifs is 3. The Balaban J connectivity index is 1.44. The lowest BCUT2D eigenvalue weighted by molar-refractivity contribution is -0.137. The molecule has 214 valence electrons. The van der Waals surface area contributed by atoms with Gasteiger partial charge >= 0.3 is 5.97 Å². The summed E-state index contributed by atoms with van der Waals surface area (Å²) in [5, 5.41) is 15.7. The maximum atomic E-state index is 12.2. The van der Waals surface area contributed by atoms with Crippen molar-refractivity contribution in [2.24, 2.45) is 0 Å². The van der Waals surface area contributed by atoms with Gasteiger partial charge < -0.3 is 15.3 Å². The zero-order valence-corrected chi connectivity index (χ0v) is 25.1. The smallest absolute Gasteiger partial charge is 0.304 e. The highest BCUT2D eigenvalue weighted by Crippen LogP contribution is 2.45. The zero-order chi connectivity index (χ0) is 28.8. The van der Waals surface area contributed by atoms with Gasteiger partial charge in [-0.2, -0.15) is 0 Å². The Morgan fingerprint density at radius 2 is 2.15 bits per heavy atom. The van der Waals surface area contributed by atoms with Crippen molar-refractivity contribution in [3.8, 4) is 5.75 Å². The topological polar surface area (TPSA) is 90.0 Å². The van der Waals surface area contributed by atoms with Crippen LogP contribution in [0.2, 0.25) is 5.02 Å².